The number of ether oxygens (including phenoxy) is 2. The zero-order chi connectivity index (χ0) is 8.81. The average molecular weight is 164 g/mol. The normalized spacial score (nSPS) is 9.08. The Morgan fingerprint density at radius 3 is 2.50 bits per heavy atom. The van der Waals surface area contributed by atoms with Crippen molar-refractivity contribution in [1.82, 2.24) is 0 Å². The Balaban J connectivity index is 2.58. The van der Waals surface area contributed by atoms with Gasteiger partial charge in [0.15, 0.2) is 0 Å². The molecule has 0 spiro atoms. The molecular weight excluding hydrogens is 152 g/mol. The zero-order valence-electron chi connectivity index (χ0n) is 7.12. The molecule has 0 heterocycles. The molecule has 0 aromatic heterocycles. The van der Waals surface area contributed by atoms with Gasteiger partial charge in [0.25, 0.3) is 0 Å². The second-order valence-corrected chi connectivity index (χ2v) is 2.33. The van der Waals surface area contributed by atoms with Gasteiger partial charge < -0.3 is 9.47 Å². The van der Waals surface area contributed by atoms with Crippen molar-refractivity contribution in [3.63, 3.8) is 0 Å². The molecule has 0 atom stereocenters. The Morgan fingerprint density at radius 1 is 1.33 bits per heavy atom. The molecule has 1 aromatic carbocycles. The number of hydrogen-bond acceptors (Lipinski definition) is 2. The number of hydrogen-bond donors (Lipinski definition) is 0. The second kappa shape index (κ2) is 4.44. The van der Waals surface area contributed by atoms with Crippen LogP contribution in [0.3, 0.4) is 0 Å². The molecule has 1 rings (SSSR count). The van der Waals surface area contributed by atoms with Crippen molar-refractivity contribution in [2.75, 3.05) is 7.11 Å². The van der Waals surface area contributed by atoms with Gasteiger partial charge in [0.2, 0.25) is 0 Å². The first-order chi connectivity index (χ1) is 5.86. The third kappa shape index (κ3) is 2.31. The van der Waals surface area contributed by atoms with Crippen LogP contribution < -0.4 is 4.74 Å². The Kier molecular flexibility index (Phi) is 3.20. The molecule has 0 unspecified atom stereocenters. The first-order valence-corrected chi connectivity index (χ1v) is 3.72. The molecular formula is C10H12O2. The van der Waals surface area contributed by atoms with Crippen molar-refractivity contribution in [2.45, 2.75) is 6.61 Å². The highest BCUT2D eigenvalue weighted by Crippen LogP contribution is 2.11. The smallest absolute Gasteiger partial charge is 0.118 e. The standard InChI is InChI=1S/C10H12O2/c1-3-12-8-9-4-6-10(11-2)7-5-9/h3-7H,1,8H2,2H3. The molecule has 0 aliphatic rings. The maximum absolute atomic E-state index is 5.02. The predicted octanol–water partition coefficient (Wildman–Crippen LogP) is 2.36. The van der Waals surface area contributed by atoms with Crippen molar-refractivity contribution in [1.29, 1.82) is 0 Å². The molecule has 2 heteroatoms. The molecule has 0 amide bonds. The van der Waals surface area contributed by atoms with E-state index in [-0.39, 0.29) is 0 Å². The average Bonchev–Trinajstić information content (AvgIpc) is 2.15. The summed E-state index contributed by atoms with van der Waals surface area (Å²) in [6.45, 7) is 4.03. The van der Waals surface area contributed by atoms with Crippen LogP contribution in [0.25, 0.3) is 0 Å². The largest absolute Gasteiger partial charge is 0.497 e. The molecule has 0 radical (unpaired) electrons. The van der Waals surface area contributed by atoms with Gasteiger partial charge in [-0.25, -0.2) is 0 Å². The topological polar surface area (TPSA) is 18.5 Å². The van der Waals surface area contributed by atoms with Crippen LogP contribution in [0, 0.1) is 0 Å². The third-order valence-electron chi connectivity index (χ3n) is 1.53. The molecule has 0 saturated carbocycles. The van der Waals surface area contributed by atoms with E-state index < -0.39 is 0 Å². The molecule has 0 saturated heterocycles. The van der Waals surface area contributed by atoms with Gasteiger partial charge in [0, 0.05) is 0 Å². The Labute approximate surface area is 72.4 Å². The van der Waals surface area contributed by atoms with Gasteiger partial charge in [-0.05, 0) is 17.7 Å². The van der Waals surface area contributed by atoms with Crippen molar-refractivity contribution >= 4 is 0 Å². The lowest BCUT2D eigenvalue weighted by Gasteiger charge is -2.02. The van der Waals surface area contributed by atoms with Crippen molar-refractivity contribution in [3.05, 3.63) is 42.7 Å². The first kappa shape index (κ1) is 8.65. The van der Waals surface area contributed by atoms with Gasteiger partial charge >= 0.3 is 0 Å². The lowest BCUT2D eigenvalue weighted by Crippen LogP contribution is -1.87. The highest BCUT2D eigenvalue weighted by Gasteiger charge is 1.92. The van der Waals surface area contributed by atoms with E-state index in [1.807, 2.05) is 24.3 Å². The Hall–Kier alpha value is -1.44. The number of rotatable bonds is 4. The van der Waals surface area contributed by atoms with Crippen molar-refractivity contribution in [2.24, 2.45) is 0 Å². The van der Waals surface area contributed by atoms with Gasteiger partial charge in [-0.15, -0.1) is 0 Å². The number of benzene rings is 1. The summed E-state index contributed by atoms with van der Waals surface area (Å²) < 4.78 is 10.0. The zero-order valence-corrected chi connectivity index (χ0v) is 7.12. The van der Waals surface area contributed by atoms with E-state index in [1.54, 1.807) is 7.11 Å². The van der Waals surface area contributed by atoms with Gasteiger partial charge in [-0.3, -0.25) is 0 Å². The summed E-state index contributed by atoms with van der Waals surface area (Å²) in [7, 11) is 1.65. The molecule has 1 aromatic rings. The quantitative estimate of drug-likeness (QED) is 0.636. The summed E-state index contributed by atoms with van der Waals surface area (Å²) in [5.41, 5.74) is 1.11. The van der Waals surface area contributed by atoms with E-state index in [4.69, 9.17) is 9.47 Å². The number of methoxy groups -OCH3 is 1. The van der Waals surface area contributed by atoms with Gasteiger partial charge in [0.1, 0.15) is 12.4 Å². The molecule has 64 valence electrons. The molecule has 0 bridgehead atoms. The van der Waals surface area contributed by atoms with Gasteiger partial charge in [-0.1, -0.05) is 18.7 Å². The third-order valence-corrected chi connectivity index (χ3v) is 1.53. The van der Waals surface area contributed by atoms with E-state index >= 15 is 0 Å². The van der Waals surface area contributed by atoms with Crippen molar-refractivity contribution in [3.8, 4) is 5.75 Å². The minimum Gasteiger partial charge on any atom is -0.497 e. The summed E-state index contributed by atoms with van der Waals surface area (Å²) in [6.07, 6.45) is 1.43. The summed E-state index contributed by atoms with van der Waals surface area (Å²) in [5.74, 6) is 0.859. The maximum Gasteiger partial charge on any atom is 0.118 e. The molecule has 0 aliphatic carbocycles. The molecule has 12 heavy (non-hydrogen) atoms. The molecule has 0 fully saturated rings. The highest BCUT2D eigenvalue weighted by molar-refractivity contribution is 5.26. The lowest BCUT2D eigenvalue weighted by atomic mass is 10.2. The van der Waals surface area contributed by atoms with Crippen LogP contribution in [-0.4, -0.2) is 7.11 Å². The molecule has 0 N–H and O–H groups in total. The van der Waals surface area contributed by atoms with E-state index in [0.29, 0.717) is 6.61 Å². The fourth-order valence-corrected chi connectivity index (χ4v) is 0.877. The fraction of sp³-hybridized carbons (Fsp3) is 0.200. The van der Waals surface area contributed by atoms with Crippen LogP contribution in [-0.2, 0) is 11.3 Å². The van der Waals surface area contributed by atoms with Crippen LogP contribution in [0.1, 0.15) is 5.56 Å². The first-order valence-electron chi connectivity index (χ1n) is 3.72. The highest BCUT2D eigenvalue weighted by atomic mass is 16.5. The van der Waals surface area contributed by atoms with E-state index in [9.17, 15) is 0 Å². The lowest BCUT2D eigenvalue weighted by molar-refractivity contribution is 0.237. The second-order valence-electron chi connectivity index (χ2n) is 2.33. The molecule has 0 aliphatic heterocycles. The van der Waals surface area contributed by atoms with E-state index in [0.717, 1.165) is 11.3 Å². The van der Waals surface area contributed by atoms with Crippen LogP contribution >= 0.6 is 0 Å². The van der Waals surface area contributed by atoms with E-state index in [2.05, 4.69) is 6.58 Å². The van der Waals surface area contributed by atoms with Gasteiger partial charge in [0.05, 0.1) is 13.4 Å². The minimum atomic E-state index is 0.563. The van der Waals surface area contributed by atoms with E-state index in [1.165, 1.54) is 6.26 Å². The summed E-state index contributed by atoms with van der Waals surface area (Å²) in [6, 6.07) is 7.73. The summed E-state index contributed by atoms with van der Waals surface area (Å²) in [4.78, 5) is 0. The van der Waals surface area contributed by atoms with Gasteiger partial charge in [-0.2, -0.15) is 0 Å². The minimum absolute atomic E-state index is 0.563. The Morgan fingerprint density at radius 2 is 2.00 bits per heavy atom. The van der Waals surface area contributed by atoms with Crippen LogP contribution in [0.5, 0.6) is 5.75 Å². The summed E-state index contributed by atoms with van der Waals surface area (Å²) >= 11 is 0. The van der Waals surface area contributed by atoms with Crippen LogP contribution in [0.4, 0.5) is 0 Å². The van der Waals surface area contributed by atoms with Crippen LogP contribution in [0.15, 0.2) is 37.1 Å². The van der Waals surface area contributed by atoms with Crippen molar-refractivity contribution < 1.29 is 9.47 Å². The monoisotopic (exact) mass is 164 g/mol. The SMILES string of the molecule is C=COCc1ccc(OC)cc1. The fourth-order valence-electron chi connectivity index (χ4n) is 0.877. The molecule has 2 nitrogen and oxygen atoms in total. The Bertz CT molecular complexity index is 239. The maximum atomic E-state index is 5.02. The summed E-state index contributed by atoms with van der Waals surface area (Å²) in [5, 5.41) is 0. The van der Waals surface area contributed by atoms with Crippen LogP contribution in [0.2, 0.25) is 0 Å². The predicted molar refractivity (Wildman–Crippen MR) is 48.0 cm³/mol.